The highest BCUT2D eigenvalue weighted by atomic mass is 32.1. The van der Waals surface area contributed by atoms with E-state index in [1.807, 2.05) is 18.5 Å². The SMILES string of the molecule is c1ccc(-c2ccc(Nc3cncc4sc(-c5cn[nH]n5)cc34)cc2)cc1. The quantitative estimate of drug-likeness (QED) is 0.439. The van der Waals surface area contributed by atoms with Gasteiger partial charge in [-0.3, -0.25) is 4.98 Å². The smallest absolute Gasteiger partial charge is 0.122 e. The molecule has 0 atom stereocenters. The number of pyridine rings is 1. The van der Waals surface area contributed by atoms with Crippen LogP contribution in [0.2, 0.25) is 0 Å². The molecule has 0 aliphatic carbocycles. The highest BCUT2D eigenvalue weighted by molar-refractivity contribution is 7.22. The minimum absolute atomic E-state index is 0.842. The molecule has 0 unspecified atom stereocenters. The van der Waals surface area contributed by atoms with Gasteiger partial charge in [0, 0.05) is 17.3 Å². The number of aromatic nitrogens is 4. The van der Waals surface area contributed by atoms with Gasteiger partial charge in [-0.2, -0.15) is 15.4 Å². The molecule has 0 radical (unpaired) electrons. The number of nitrogens with zero attached hydrogens (tertiary/aromatic N) is 3. The van der Waals surface area contributed by atoms with Crippen LogP contribution in [0.3, 0.4) is 0 Å². The monoisotopic (exact) mass is 369 g/mol. The number of rotatable bonds is 4. The van der Waals surface area contributed by atoms with Gasteiger partial charge in [0.25, 0.3) is 0 Å². The van der Waals surface area contributed by atoms with E-state index in [-0.39, 0.29) is 0 Å². The number of hydrogen-bond donors (Lipinski definition) is 2. The highest BCUT2D eigenvalue weighted by Gasteiger charge is 2.10. The Morgan fingerprint density at radius 3 is 2.44 bits per heavy atom. The third kappa shape index (κ3) is 3.07. The molecule has 3 heterocycles. The van der Waals surface area contributed by atoms with E-state index in [0.717, 1.165) is 32.0 Å². The van der Waals surface area contributed by atoms with Crippen molar-refractivity contribution in [3.63, 3.8) is 0 Å². The molecular formula is C21H15N5S. The molecule has 2 N–H and O–H groups in total. The Morgan fingerprint density at radius 1 is 0.852 bits per heavy atom. The molecule has 0 aliphatic rings. The molecule has 0 saturated heterocycles. The molecule has 0 amide bonds. The zero-order valence-electron chi connectivity index (χ0n) is 14.3. The number of H-pyrrole nitrogens is 1. The summed E-state index contributed by atoms with van der Waals surface area (Å²) in [6.45, 7) is 0. The van der Waals surface area contributed by atoms with Gasteiger partial charge >= 0.3 is 0 Å². The van der Waals surface area contributed by atoms with Gasteiger partial charge < -0.3 is 5.32 Å². The van der Waals surface area contributed by atoms with Crippen LogP contribution in [-0.2, 0) is 0 Å². The van der Waals surface area contributed by atoms with Crippen molar-refractivity contribution in [2.75, 3.05) is 5.32 Å². The summed E-state index contributed by atoms with van der Waals surface area (Å²) in [5.41, 5.74) is 5.25. The Balaban J connectivity index is 1.46. The predicted octanol–water partition coefficient (Wildman–Crippen LogP) is 5.49. The first kappa shape index (κ1) is 15.7. The second kappa shape index (κ2) is 6.66. The number of nitrogens with one attached hydrogen (secondary N) is 2. The van der Waals surface area contributed by atoms with Gasteiger partial charge in [-0.15, -0.1) is 11.3 Å². The molecule has 5 nitrogen and oxygen atoms in total. The summed E-state index contributed by atoms with van der Waals surface area (Å²) < 4.78 is 1.11. The van der Waals surface area contributed by atoms with E-state index >= 15 is 0 Å². The van der Waals surface area contributed by atoms with Gasteiger partial charge in [0.2, 0.25) is 0 Å². The minimum atomic E-state index is 0.842. The molecule has 0 spiro atoms. The standard InChI is InChI=1S/C21H15N5S/c1-2-4-14(5-3-1)15-6-8-16(9-7-15)24-18-11-22-13-21-17(18)10-20(27-21)19-12-23-26-25-19/h1-13,24H,(H,23,25,26). The lowest BCUT2D eigenvalue weighted by molar-refractivity contribution is 0.942. The van der Waals surface area contributed by atoms with E-state index in [1.54, 1.807) is 17.5 Å². The Bertz CT molecular complexity index is 1180. The molecule has 0 aliphatic heterocycles. The molecule has 3 aromatic heterocycles. The van der Waals surface area contributed by atoms with Gasteiger partial charge in [-0.1, -0.05) is 42.5 Å². The second-order valence-electron chi connectivity index (χ2n) is 6.13. The molecule has 6 heteroatoms. The molecule has 0 saturated carbocycles. The van der Waals surface area contributed by atoms with Crippen molar-refractivity contribution < 1.29 is 0 Å². The van der Waals surface area contributed by atoms with Crippen LogP contribution in [-0.4, -0.2) is 20.4 Å². The van der Waals surface area contributed by atoms with Crippen molar-refractivity contribution >= 4 is 32.8 Å². The topological polar surface area (TPSA) is 66.5 Å². The van der Waals surface area contributed by atoms with Crippen molar-refractivity contribution in [3.05, 3.63) is 79.3 Å². The Labute approximate surface area is 159 Å². The normalized spacial score (nSPS) is 11.0. The van der Waals surface area contributed by atoms with E-state index in [4.69, 9.17) is 0 Å². The number of benzene rings is 2. The third-order valence-electron chi connectivity index (χ3n) is 4.38. The van der Waals surface area contributed by atoms with Gasteiger partial charge in [0.05, 0.1) is 27.7 Å². The van der Waals surface area contributed by atoms with Crippen molar-refractivity contribution in [3.8, 4) is 21.7 Å². The van der Waals surface area contributed by atoms with E-state index in [2.05, 4.69) is 80.3 Å². The summed E-state index contributed by atoms with van der Waals surface area (Å²) in [6, 6.07) is 20.9. The largest absolute Gasteiger partial charge is 0.354 e. The molecule has 0 fully saturated rings. The van der Waals surface area contributed by atoms with E-state index in [1.165, 1.54) is 11.1 Å². The molecule has 0 bridgehead atoms. The maximum atomic E-state index is 4.37. The minimum Gasteiger partial charge on any atom is -0.354 e. The highest BCUT2D eigenvalue weighted by Crippen LogP contribution is 2.36. The molecule has 27 heavy (non-hydrogen) atoms. The summed E-state index contributed by atoms with van der Waals surface area (Å²) in [5.74, 6) is 0. The van der Waals surface area contributed by atoms with Crippen LogP contribution in [0.1, 0.15) is 0 Å². The fraction of sp³-hybridized carbons (Fsp3) is 0. The van der Waals surface area contributed by atoms with E-state index < -0.39 is 0 Å². The van der Waals surface area contributed by atoms with Gasteiger partial charge in [0.1, 0.15) is 5.69 Å². The van der Waals surface area contributed by atoms with Crippen molar-refractivity contribution in [1.29, 1.82) is 0 Å². The number of aromatic amines is 1. The van der Waals surface area contributed by atoms with Gasteiger partial charge in [0.15, 0.2) is 0 Å². The van der Waals surface area contributed by atoms with Crippen LogP contribution in [0, 0.1) is 0 Å². The first-order valence-corrected chi connectivity index (χ1v) is 9.35. The lowest BCUT2D eigenvalue weighted by Crippen LogP contribution is -1.91. The molecule has 130 valence electrons. The maximum Gasteiger partial charge on any atom is 0.122 e. The van der Waals surface area contributed by atoms with Crippen LogP contribution < -0.4 is 5.32 Å². The maximum absolute atomic E-state index is 4.37. The average molecular weight is 369 g/mol. The fourth-order valence-electron chi connectivity index (χ4n) is 3.04. The number of thiophene rings is 1. The van der Waals surface area contributed by atoms with Crippen molar-refractivity contribution in [2.24, 2.45) is 0 Å². The first-order valence-electron chi connectivity index (χ1n) is 8.53. The van der Waals surface area contributed by atoms with Crippen LogP contribution in [0.4, 0.5) is 11.4 Å². The Morgan fingerprint density at radius 2 is 1.67 bits per heavy atom. The average Bonchev–Trinajstić information content (AvgIpc) is 3.39. The lowest BCUT2D eigenvalue weighted by atomic mass is 10.1. The summed E-state index contributed by atoms with van der Waals surface area (Å²) in [5, 5.41) is 15.3. The molecule has 5 rings (SSSR count). The zero-order valence-corrected chi connectivity index (χ0v) is 15.1. The van der Waals surface area contributed by atoms with Gasteiger partial charge in [-0.25, -0.2) is 0 Å². The van der Waals surface area contributed by atoms with Crippen molar-refractivity contribution in [2.45, 2.75) is 0 Å². The molecular weight excluding hydrogens is 354 g/mol. The lowest BCUT2D eigenvalue weighted by Gasteiger charge is -2.08. The number of hydrogen-bond acceptors (Lipinski definition) is 5. The number of anilines is 2. The Kier molecular flexibility index (Phi) is 3.88. The summed E-state index contributed by atoms with van der Waals surface area (Å²) in [7, 11) is 0. The zero-order chi connectivity index (χ0) is 18.1. The van der Waals surface area contributed by atoms with Crippen LogP contribution >= 0.6 is 11.3 Å². The van der Waals surface area contributed by atoms with E-state index in [9.17, 15) is 0 Å². The Hall–Kier alpha value is -3.51. The third-order valence-corrected chi connectivity index (χ3v) is 5.48. The molecule has 5 aromatic rings. The summed E-state index contributed by atoms with van der Waals surface area (Å²) >= 11 is 1.65. The number of fused-ring (bicyclic) bond motifs is 1. The summed E-state index contributed by atoms with van der Waals surface area (Å²) in [4.78, 5) is 5.44. The first-order chi connectivity index (χ1) is 13.4. The van der Waals surface area contributed by atoms with Crippen molar-refractivity contribution in [1.82, 2.24) is 20.4 Å². The van der Waals surface area contributed by atoms with Crippen LogP contribution in [0.15, 0.2) is 79.3 Å². The predicted molar refractivity (Wildman–Crippen MR) is 110 cm³/mol. The fourth-order valence-corrected chi connectivity index (χ4v) is 4.05. The summed E-state index contributed by atoms with van der Waals surface area (Å²) in [6.07, 6.45) is 5.47. The van der Waals surface area contributed by atoms with Crippen LogP contribution in [0.25, 0.3) is 31.8 Å². The van der Waals surface area contributed by atoms with Gasteiger partial charge in [-0.05, 0) is 29.3 Å². The van der Waals surface area contributed by atoms with Crippen LogP contribution in [0.5, 0.6) is 0 Å². The second-order valence-corrected chi connectivity index (χ2v) is 7.22. The van der Waals surface area contributed by atoms with E-state index in [0.29, 0.717) is 0 Å². The molecule has 2 aromatic carbocycles.